The molecule has 0 fully saturated rings. The van der Waals surface area contributed by atoms with Crippen LogP contribution in [-0.2, 0) is 4.74 Å². The fourth-order valence-corrected chi connectivity index (χ4v) is 1.50. The van der Waals surface area contributed by atoms with Gasteiger partial charge in [-0.1, -0.05) is 6.08 Å². The van der Waals surface area contributed by atoms with E-state index in [0.29, 0.717) is 11.5 Å². The highest BCUT2D eigenvalue weighted by Crippen LogP contribution is 2.28. The summed E-state index contributed by atoms with van der Waals surface area (Å²) < 4.78 is 14.9. The summed E-state index contributed by atoms with van der Waals surface area (Å²) >= 11 is 0. The summed E-state index contributed by atoms with van der Waals surface area (Å²) in [4.78, 5) is 10.4. The van der Waals surface area contributed by atoms with Crippen LogP contribution in [0.3, 0.4) is 0 Å². The number of benzene rings is 1. The van der Waals surface area contributed by atoms with E-state index in [0.717, 1.165) is 5.56 Å². The first kappa shape index (κ1) is 13.9. The molecule has 98 valence electrons. The van der Waals surface area contributed by atoms with E-state index >= 15 is 0 Å². The zero-order valence-corrected chi connectivity index (χ0v) is 10.4. The molecule has 5 nitrogen and oxygen atoms in total. The van der Waals surface area contributed by atoms with Gasteiger partial charge in [0, 0.05) is 12.0 Å². The Morgan fingerprint density at radius 2 is 1.89 bits per heavy atom. The topological polar surface area (TPSA) is 65.0 Å². The van der Waals surface area contributed by atoms with Crippen LogP contribution in [0.2, 0.25) is 0 Å². The van der Waals surface area contributed by atoms with Crippen molar-refractivity contribution in [1.29, 1.82) is 0 Å². The predicted molar refractivity (Wildman–Crippen MR) is 66.5 cm³/mol. The molecule has 1 N–H and O–H groups in total. The molecule has 1 aromatic carbocycles. The van der Waals surface area contributed by atoms with Crippen molar-refractivity contribution in [3.8, 4) is 11.5 Å². The Balaban J connectivity index is 2.96. The standard InChI is InChI=1S/C13H16O5/c1-4-9(8-18-13(14)15)10-5-11(16-2)7-12(6-10)17-3/h4-7,9H,1,8H2,2-3H3,(H,14,15). The molecule has 1 aromatic rings. The molecule has 0 saturated heterocycles. The molecule has 18 heavy (non-hydrogen) atoms. The molecule has 5 heteroatoms. The molecule has 0 aliphatic carbocycles. The molecule has 0 spiro atoms. The Morgan fingerprint density at radius 3 is 2.28 bits per heavy atom. The van der Waals surface area contributed by atoms with E-state index < -0.39 is 6.16 Å². The zero-order valence-electron chi connectivity index (χ0n) is 10.4. The largest absolute Gasteiger partial charge is 0.505 e. The molecule has 0 heterocycles. The molecular formula is C13H16O5. The van der Waals surface area contributed by atoms with Crippen LogP contribution in [0.1, 0.15) is 11.5 Å². The van der Waals surface area contributed by atoms with Gasteiger partial charge in [0.25, 0.3) is 0 Å². The van der Waals surface area contributed by atoms with Gasteiger partial charge in [-0.25, -0.2) is 4.79 Å². The smallest absolute Gasteiger partial charge is 0.497 e. The summed E-state index contributed by atoms with van der Waals surface area (Å²) in [7, 11) is 3.10. The summed E-state index contributed by atoms with van der Waals surface area (Å²) in [6, 6.07) is 5.32. The molecular weight excluding hydrogens is 236 g/mol. The lowest BCUT2D eigenvalue weighted by Crippen LogP contribution is -2.09. The lowest BCUT2D eigenvalue weighted by atomic mass is 9.99. The summed E-state index contributed by atoms with van der Waals surface area (Å²) in [6.45, 7) is 3.68. The molecule has 0 bridgehead atoms. The highest BCUT2D eigenvalue weighted by atomic mass is 16.7. The van der Waals surface area contributed by atoms with Gasteiger partial charge < -0.3 is 19.3 Å². The third-order valence-corrected chi connectivity index (χ3v) is 2.47. The van der Waals surface area contributed by atoms with Gasteiger partial charge in [-0.2, -0.15) is 0 Å². The van der Waals surface area contributed by atoms with Crippen LogP contribution < -0.4 is 9.47 Å². The van der Waals surface area contributed by atoms with E-state index in [2.05, 4.69) is 11.3 Å². The molecule has 1 atom stereocenters. The molecule has 0 aromatic heterocycles. The monoisotopic (exact) mass is 252 g/mol. The lowest BCUT2D eigenvalue weighted by Gasteiger charge is -2.14. The summed E-state index contributed by atoms with van der Waals surface area (Å²) in [5, 5.41) is 8.50. The maximum Gasteiger partial charge on any atom is 0.505 e. The van der Waals surface area contributed by atoms with Crippen molar-refractivity contribution >= 4 is 6.16 Å². The molecule has 0 amide bonds. The minimum Gasteiger partial charge on any atom is -0.497 e. The molecule has 0 saturated carbocycles. The third-order valence-electron chi connectivity index (χ3n) is 2.47. The number of hydrogen-bond acceptors (Lipinski definition) is 4. The number of ether oxygens (including phenoxy) is 3. The van der Waals surface area contributed by atoms with E-state index in [-0.39, 0.29) is 12.5 Å². The molecule has 0 aliphatic heterocycles. The van der Waals surface area contributed by atoms with E-state index in [1.54, 1.807) is 38.5 Å². The van der Waals surface area contributed by atoms with Crippen LogP contribution in [-0.4, -0.2) is 32.1 Å². The minimum atomic E-state index is -1.31. The molecule has 0 radical (unpaired) electrons. The van der Waals surface area contributed by atoms with Crippen molar-refractivity contribution in [2.24, 2.45) is 0 Å². The highest BCUT2D eigenvalue weighted by Gasteiger charge is 2.13. The van der Waals surface area contributed by atoms with Gasteiger partial charge >= 0.3 is 6.16 Å². The van der Waals surface area contributed by atoms with Crippen LogP contribution in [0.4, 0.5) is 4.79 Å². The maximum atomic E-state index is 10.4. The maximum absolute atomic E-state index is 10.4. The molecule has 0 aliphatic rings. The number of carbonyl (C=O) groups is 1. The van der Waals surface area contributed by atoms with Crippen LogP contribution in [0.5, 0.6) is 11.5 Å². The number of hydrogen-bond donors (Lipinski definition) is 1. The highest BCUT2D eigenvalue weighted by molar-refractivity contribution is 5.57. The van der Waals surface area contributed by atoms with Crippen molar-refractivity contribution < 1.29 is 24.1 Å². The van der Waals surface area contributed by atoms with Gasteiger partial charge in [-0.15, -0.1) is 6.58 Å². The Morgan fingerprint density at radius 1 is 1.33 bits per heavy atom. The SMILES string of the molecule is C=CC(COC(=O)O)c1cc(OC)cc(OC)c1. The Labute approximate surface area is 106 Å². The van der Waals surface area contributed by atoms with Gasteiger partial charge in [-0.3, -0.25) is 0 Å². The normalized spacial score (nSPS) is 11.4. The quantitative estimate of drug-likeness (QED) is 0.622. The second-order valence-electron chi connectivity index (χ2n) is 3.57. The predicted octanol–water partition coefficient (Wildman–Crippen LogP) is 2.67. The van der Waals surface area contributed by atoms with Crippen molar-refractivity contribution in [1.82, 2.24) is 0 Å². The van der Waals surface area contributed by atoms with Crippen molar-refractivity contribution in [2.75, 3.05) is 20.8 Å². The van der Waals surface area contributed by atoms with Gasteiger partial charge in [0.2, 0.25) is 0 Å². The minimum absolute atomic E-state index is 0.00908. The average molecular weight is 252 g/mol. The average Bonchev–Trinajstić information content (AvgIpc) is 2.38. The Hall–Kier alpha value is -2.17. The second kappa shape index (κ2) is 6.54. The lowest BCUT2D eigenvalue weighted by molar-refractivity contribution is 0.0894. The van der Waals surface area contributed by atoms with Crippen molar-refractivity contribution in [3.63, 3.8) is 0 Å². The van der Waals surface area contributed by atoms with Crippen molar-refractivity contribution in [3.05, 3.63) is 36.4 Å². The second-order valence-corrected chi connectivity index (χ2v) is 3.57. The summed E-state index contributed by atoms with van der Waals surface area (Å²) in [5.74, 6) is 1.02. The number of rotatable bonds is 6. The van der Waals surface area contributed by atoms with Crippen LogP contribution in [0, 0.1) is 0 Å². The summed E-state index contributed by atoms with van der Waals surface area (Å²) in [6.07, 6.45) is 0.314. The van der Waals surface area contributed by atoms with Gasteiger partial charge in [0.1, 0.15) is 18.1 Å². The third kappa shape index (κ3) is 3.69. The molecule has 1 rings (SSSR count). The van der Waals surface area contributed by atoms with Gasteiger partial charge in [0.15, 0.2) is 0 Å². The fourth-order valence-electron chi connectivity index (χ4n) is 1.50. The van der Waals surface area contributed by atoms with Crippen LogP contribution >= 0.6 is 0 Å². The van der Waals surface area contributed by atoms with Gasteiger partial charge in [-0.05, 0) is 17.7 Å². The number of methoxy groups -OCH3 is 2. The first-order chi connectivity index (χ1) is 8.60. The van der Waals surface area contributed by atoms with Crippen LogP contribution in [0.15, 0.2) is 30.9 Å². The van der Waals surface area contributed by atoms with E-state index in [1.807, 2.05) is 0 Å². The van der Waals surface area contributed by atoms with E-state index in [4.69, 9.17) is 14.6 Å². The fraction of sp³-hybridized carbons (Fsp3) is 0.308. The van der Waals surface area contributed by atoms with E-state index in [9.17, 15) is 4.79 Å². The van der Waals surface area contributed by atoms with Crippen LogP contribution in [0.25, 0.3) is 0 Å². The Kier molecular flexibility index (Phi) is 5.05. The zero-order chi connectivity index (χ0) is 13.5. The first-order valence-corrected chi connectivity index (χ1v) is 5.32. The first-order valence-electron chi connectivity index (χ1n) is 5.32. The summed E-state index contributed by atoms with van der Waals surface area (Å²) in [5.41, 5.74) is 0.822. The van der Waals surface area contributed by atoms with Crippen molar-refractivity contribution in [2.45, 2.75) is 5.92 Å². The molecule has 1 unspecified atom stereocenters. The van der Waals surface area contributed by atoms with E-state index in [1.165, 1.54) is 0 Å². The Bertz CT molecular complexity index is 405. The number of carboxylic acid groups (broad SMARTS) is 1. The van der Waals surface area contributed by atoms with Gasteiger partial charge in [0.05, 0.1) is 14.2 Å².